The number of para-hydroxylation sites is 1. The van der Waals surface area contributed by atoms with Crippen molar-refractivity contribution >= 4 is 23.2 Å². The van der Waals surface area contributed by atoms with Crippen molar-refractivity contribution in [2.24, 2.45) is 0 Å². The molecule has 0 unspecified atom stereocenters. The van der Waals surface area contributed by atoms with Gasteiger partial charge in [-0.25, -0.2) is 4.98 Å². The smallest absolute Gasteiger partial charge is 0.353 e. The summed E-state index contributed by atoms with van der Waals surface area (Å²) >= 11 is 11.7. The molecule has 0 atom stereocenters. The van der Waals surface area contributed by atoms with Crippen molar-refractivity contribution in [1.82, 2.24) is 4.98 Å². The molecular formula is C12H13Cl2N2O2+. The summed E-state index contributed by atoms with van der Waals surface area (Å²) in [5, 5.41) is 1.02. The number of ether oxygens (including phenoxy) is 2. The van der Waals surface area contributed by atoms with Gasteiger partial charge in [-0.05, 0) is 23.7 Å². The van der Waals surface area contributed by atoms with Crippen LogP contribution < -0.4 is 4.57 Å². The molecule has 1 aromatic carbocycles. The number of nitrogens with one attached hydrogen (secondary N) is 1. The van der Waals surface area contributed by atoms with Crippen molar-refractivity contribution in [3.63, 3.8) is 0 Å². The van der Waals surface area contributed by atoms with E-state index in [1.807, 2.05) is 30.3 Å². The Bertz CT molecular complexity index is 476. The second-order valence-electron chi connectivity index (χ2n) is 3.53. The first-order chi connectivity index (χ1) is 8.77. The molecule has 1 aromatic heterocycles. The maximum absolute atomic E-state index is 5.90. The lowest BCUT2D eigenvalue weighted by molar-refractivity contribution is -0.591. The van der Waals surface area contributed by atoms with Gasteiger partial charge in [-0.1, -0.05) is 18.2 Å². The highest BCUT2D eigenvalue weighted by Gasteiger charge is 2.12. The van der Waals surface area contributed by atoms with Gasteiger partial charge in [0, 0.05) is 11.6 Å². The molecule has 6 heteroatoms. The van der Waals surface area contributed by atoms with Crippen LogP contribution in [0, 0.1) is 0 Å². The summed E-state index contributed by atoms with van der Waals surface area (Å²) in [5.41, 5.74) is 0.982. The van der Waals surface area contributed by atoms with E-state index in [4.69, 9.17) is 32.7 Å². The summed E-state index contributed by atoms with van der Waals surface area (Å²) in [4.78, 5) is 2.80. The van der Waals surface area contributed by atoms with Gasteiger partial charge in [0.1, 0.15) is 12.5 Å². The van der Waals surface area contributed by atoms with Crippen molar-refractivity contribution < 1.29 is 14.0 Å². The number of hydrogen-bond donors (Lipinski definition) is 1. The Morgan fingerprint density at radius 2 is 1.72 bits per heavy atom. The highest BCUT2D eigenvalue weighted by molar-refractivity contribution is 6.31. The second kappa shape index (κ2) is 6.75. The fraction of sp³-hybridized carbons (Fsp3) is 0.250. The number of aromatic amines is 1. The highest BCUT2D eigenvalue weighted by atomic mass is 35.5. The average molecular weight is 288 g/mol. The minimum Gasteiger partial charge on any atom is -0.353 e. The molecule has 4 nitrogen and oxygen atoms in total. The van der Waals surface area contributed by atoms with E-state index in [9.17, 15) is 0 Å². The molecule has 0 amide bonds. The maximum Gasteiger partial charge on any atom is 0.358 e. The Morgan fingerprint density at radius 3 is 2.17 bits per heavy atom. The molecule has 3 rings (SSSR count). The van der Waals surface area contributed by atoms with Crippen LogP contribution in [0.3, 0.4) is 0 Å². The minimum atomic E-state index is 0.496. The van der Waals surface area contributed by atoms with Gasteiger partial charge in [-0.15, -0.1) is 0 Å². The predicted octanol–water partition coefficient (Wildman–Crippen LogP) is 2.59. The van der Waals surface area contributed by atoms with Crippen LogP contribution in [0.4, 0.5) is 0 Å². The number of hydrogen-bond acceptors (Lipinski definition) is 2. The number of imidazole rings is 1. The lowest BCUT2D eigenvalue weighted by Gasteiger charge is -1.93. The molecule has 1 aliphatic rings. The lowest BCUT2D eigenvalue weighted by Crippen LogP contribution is -2.28. The first-order valence-corrected chi connectivity index (χ1v) is 6.19. The molecule has 1 saturated heterocycles. The summed E-state index contributed by atoms with van der Waals surface area (Å²) < 4.78 is 11.2. The SMILES string of the molecule is C1COCO1.Clc1c[n+](-c2ccccc2)c(Cl)[nH]1. The molecule has 18 heavy (non-hydrogen) atoms. The Labute approximate surface area is 115 Å². The van der Waals surface area contributed by atoms with E-state index >= 15 is 0 Å². The number of rotatable bonds is 1. The second-order valence-corrected chi connectivity index (χ2v) is 4.30. The van der Waals surface area contributed by atoms with Crippen LogP contribution in [0.2, 0.25) is 10.4 Å². The third-order valence-corrected chi connectivity index (χ3v) is 2.72. The standard InChI is InChI=1S/C9H6Cl2N2.C3H6O2/c10-8-6-13(9(11)12-8)7-4-2-1-3-5-7;1-2-5-3-4-1/h1-6H;1-3H2/p+1. The Morgan fingerprint density at radius 1 is 1.06 bits per heavy atom. The molecule has 1 fully saturated rings. The fourth-order valence-electron chi connectivity index (χ4n) is 1.43. The molecule has 0 bridgehead atoms. The first-order valence-electron chi connectivity index (χ1n) is 5.44. The third kappa shape index (κ3) is 3.71. The number of H-pyrrole nitrogens is 1. The molecule has 0 radical (unpaired) electrons. The van der Waals surface area contributed by atoms with Gasteiger partial charge in [-0.2, -0.15) is 4.57 Å². The molecule has 0 spiro atoms. The first kappa shape index (κ1) is 13.4. The zero-order valence-electron chi connectivity index (χ0n) is 9.61. The van der Waals surface area contributed by atoms with Gasteiger partial charge >= 0.3 is 5.28 Å². The van der Waals surface area contributed by atoms with Crippen molar-refractivity contribution in [3.05, 3.63) is 47.0 Å². The van der Waals surface area contributed by atoms with Crippen LogP contribution >= 0.6 is 23.2 Å². The van der Waals surface area contributed by atoms with Gasteiger partial charge in [0.15, 0.2) is 6.20 Å². The molecule has 96 valence electrons. The predicted molar refractivity (Wildman–Crippen MR) is 69.1 cm³/mol. The van der Waals surface area contributed by atoms with Crippen LogP contribution in [0.25, 0.3) is 5.69 Å². The van der Waals surface area contributed by atoms with Gasteiger partial charge in [0.25, 0.3) is 0 Å². The molecule has 1 N–H and O–H groups in total. The number of nitrogens with zero attached hydrogens (tertiary/aromatic N) is 1. The molecule has 1 aliphatic heterocycles. The van der Waals surface area contributed by atoms with Crippen molar-refractivity contribution in [1.29, 1.82) is 0 Å². The van der Waals surface area contributed by atoms with Gasteiger partial charge in [0.2, 0.25) is 5.15 Å². The lowest BCUT2D eigenvalue weighted by atomic mass is 10.3. The number of benzene rings is 1. The van der Waals surface area contributed by atoms with Crippen LogP contribution in [0.1, 0.15) is 0 Å². The monoisotopic (exact) mass is 287 g/mol. The molecule has 0 saturated carbocycles. The van der Waals surface area contributed by atoms with Crippen LogP contribution in [0.5, 0.6) is 0 Å². The third-order valence-electron chi connectivity index (χ3n) is 2.25. The summed E-state index contributed by atoms with van der Waals surface area (Å²) in [6.07, 6.45) is 1.74. The van der Waals surface area contributed by atoms with E-state index in [0.717, 1.165) is 18.9 Å². The van der Waals surface area contributed by atoms with E-state index in [1.54, 1.807) is 10.8 Å². The molecule has 0 aliphatic carbocycles. The van der Waals surface area contributed by atoms with Gasteiger partial charge in [0.05, 0.1) is 13.2 Å². The van der Waals surface area contributed by atoms with E-state index in [2.05, 4.69) is 4.98 Å². The van der Waals surface area contributed by atoms with E-state index in [1.165, 1.54) is 0 Å². The number of halogens is 2. The van der Waals surface area contributed by atoms with Gasteiger partial charge in [-0.3, -0.25) is 0 Å². The van der Waals surface area contributed by atoms with E-state index < -0.39 is 0 Å². The average Bonchev–Trinajstić information content (AvgIpc) is 3.03. The topological polar surface area (TPSA) is 38.1 Å². The number of aromatic nitrogens is 2. The zero-order chi connectivity index (χ0) is 12.8. The van der Waals surface area contributed by atoms with Crippen molar-refractivity contribution in [2.75, 3.05) is 20.0 Å². The Balaban J connectivity index is 0.000000202. The maximum atomic E-state index is 5.90. The molecular weight excluding hydrogens is 275 g/mol. The van der Waals surface area contributed by atoms with Crippen LogP contribution in [-0.2, 0) is 9.47 Å². The summed E-state index contributed by atoms with van der Waals surface area (Å²) in [6.45, 7) is 2.06. The zero-order valence-corrected chi connectivity index (χ0v) is 11.1. The molecule has 2 aromatic rings. The largest absolute Gasteiger partial charge is 0.358 e. The minimum absolute atomic E-state index is 0.496. The quantitative estimate of drug-likeness (QED) is 0.819. The Hall–Kier alpha value is -1.07. The summed E-state index contributed by atoms with van der Waals surface area (Å²) in [5.74, 6) is 0. The van der Waals surface area contributed by atoms with E-state index in [-0.39, 0.29) is 0 Å². The normalized spacial score (nSPS) is 14.1. The van der Waals surface area contributed by atoms with Crippen molar-refractivity contribution in [2.45, 2.75) is 0 Å². The Kier molecular flexibility index (Phi) is 5.01. The van der Waals surface area contributed by atoms with Crippen LogP contribution in [-0.4, -0.2) is 25.0 Å². The summed E-state index contributed by atoms with van der Waals surface area (Å²) in [6, 6.07) is 9.75. The summed E-state index contributed by atoms with van der Waals surface area (Å²) in [7, 11) is 0. The van der Waals surface area contributed by atoms with Crippen LogP contribution in [0.15, 0.2) is 36.5 Å². The van der Waals surface area contributed by atoms with Crippen molar-refractivity contribution in [3.8, 4) is 5.69 Å². The fourth-order valence-corrected chi connectivity index (χ4v) is 1.92. The highest BCUT2D eigenvalue weighted by Crippen LogP contribution is 2.09. The van der Waals surface area contributed by atoms with Gasteiger partial charge < -0.3 is 9.47 Å². The van der Waals surface area contributed by atoms with E-state index in [0.29, 0.717) is 17.2 Å². The molecule has 2 heterocycles.